The van der Waals surface area contributed by atoms with Crippen LogP contribution >= 0.6 is 11.3 Å². The number of morpholine rings is 1. The van der Waals surface area contributed by atoms with Gasteiger partial charge in [-0.1, -0.05) is 12.1 Å². The molecular weight excluding hydrogens is 396 g/mol. The molecular formula is C19H19N4O3S2-. The van der Waals surface area contributed by atoms with Crippen molar-refractivity contribution in [1.82, 2.24) is 14.6 Å². The number of benzene rings is 2. The Balaban J connectivity index is 1.40. The SMILES string of the molecule is [N-]=S(=O)(c1ccc(CNC(=O)c2ccc3ncsc3c2)cc1)N1CCOCC1. The van der Waals surface area contributed by atoms with Crippen LogP contribution in [0.5, 0.6) is 0 Å². The molecule has 3 aromatic rings. The van der Waals surface area contributed by atoms with Gasteiger partial charge >= 0.3 is 0 Å². The van der Waals surface area contributed by atoms with E-state index < -0.39 is 9.92 Å². The summed E-state index contributed by atoms with van der Waals surface area (Å²) in [6.45, 7) is 2.10. The number of thiazole rings is 1. The summed E-state index contributed by atoms with van der Waals surface area (Å²) in [5.41, 5.74) is 4.07. The molecule has 1 amide bonds. The van der Waals surface area contributed by atoms with Gasteiger partial charge in [-0.2, -0.15) is 0 Å². The highest BCUT2D eigenvalue weighted by Crippen LogP contribution is 2.20. The lowest BCUT2D eigenvalue weighted by Crippen LogP contribution is -2.39. The number of amides is 1. The second-order valence-corrected chi connectivity index (χ2v) is 9.27. The molecule has 1 saturated heterocycles. The highest BCUT2D eigenvalue weighted by atomic mass is 32.2. The molecule has 1 aliphatic rings. The smallest absolute Gasteiger partial charge is 0.251 e. The van der Waals surface area contributed by atoms with Crippen molar-refractivity contribution in [2.45, 2.75) is 11.4 Å². The minimum atomic E-state index is -3.26. The van der Waals surface area contributed by atoms with Crippen molar-refractivity contribution in [1.29, 1.82) is 0 Å². The normalized spacial score (nSPS) is 17.3. The molecule has 4 rings (SSSR count). The number of hydrogen-bond donors (Lipinski definition) is 1. The van der Waals surface area contributed by atoms with Gasteiger partial charge in [0.25, 0.3) is 5.91 Å². The molecule has 0 aliphatic carbocycles. The summed E-state index contributed by atoms with van der Waals surface area (Å²) in [6.07, 6.45) is 0. The Morgan fingerprint density at radius 2 is 1.96 bits per heavy atom. The maximum Gasteiger partial charge on any atom is 0.251 e. The van der Waals surface area contributed by atoms with Crippen LogP contribution in [0.4, 0.5) is 0 Å². The first-order valence-corrected chi connectivity index (χ1v) is 11.2. The third-order valence-electron chi connectivity index (χ3n) is 4.60. The Labute approximate surface area is 167 Å². The van der Waals surface area contributed by atoms with E-state index in [1.807, 2.05) is 12.1 Å². The summed E-state index contributed by atoms with van der Waals surface area (Å²) in [7, 11) is -3.26. The van der Waals surface area contributed by atoms with E-state index in [0.717, 1.165) is 15.8 Å². The monoisotopic (exact) mass is 415 g/mol. The number of carbonyl (C=O) groups excluding carboxylic acids is 1. The molecule has 9 heteroatoms. The minimum absolute atomic E-state index is 0.168. The molecule has 1 aliphatic heterocycles. The van der Waals surface area contributed by atoms with Crippen LogP contribution in [-0.2, 0) is 21.2 Å². The summed E-state index contributed by atoms with van der Waals surface area (Å²) in [4.78, 5) is 17.0. The molecule has 146 valence electrons. The van der Waals surface area contributed by atoms with Gasteiger partial charge in [0.2, 0.25) is 0 Å². The van der Waals surface area contributed by atoms with Crippen LogP contribution in [0.1, 0.15) is 15.9 Å². The maximum atomic E-state index is 12.7. The number of nitrogens with zero attached hydrogens (tertiary/aromatic N) is 3. The van der Waals surface area contributed by atoms with Crippen molar-refractivity contribution in [2.24, 2.45) is 0 Å². The van der Waals surface area contributed by atoms with E-state index in [-0.39, 0.29) is 5.91 Å². The van der Waals surface area contributed by atoms with Crippen molar-refractivity contribution in [3.05, 3.63) is 63.9 Å². The van der Waals surface area contributed by atoms with Gasteiger partial charge < -0.3 is 14.8 Å². The fourth-order valence-electron chi connectivity index (χ4n) is 3.01. The van der Waals surface area contributed by atoms with E-state index in [9.17, 15) is 13.8 Å². The molecule has 1 unspecified atom stereocenters. The molecule has 0 bridgehead atoms. The van der Waals surface area contributed by atoms with Gasteiger partial charge in [-0.3, -0.25) is 9.00 Å². The Morgan fingerprint density at radius 3 is 2.71 bits per heavy atom. The number of rotatable bonds is 5. The summed E-state index contributed by atoms with van der Waals surface area (Å²) in [6, 6.07) is 12.2. The molecule has 1 aromatic heterocycles. The van der Waals surface area contributed by atoms with Gasteiger partial charge in [-0.15, -0.1) is 11.3 Å². The van der Waals surface area contributed by atoms with Crippen molar-refractivity contribution in [3.63, 3.8) is 0 Å². The molecule has 7 nitrogen and oxygen atoms in total. The molecule has 2 aromatic carbocycles. The molecule has 2 heterocycles. The lowest BCUT2D eigenvalue weighted by Gasteiger charge is -2.34. The number of nitrogens with one attached hydrogen (secondary N) is 1. The van der Waals surface area contributed by atoms with Crippen LogP contribution in [0.15, 0.2) is 52.9 Å². The van der Waals surface area contributed by atoms with E-state index in [0.29, 0.717) is 43.3 Å². The second-order valence-electron chi connectivity index (χ2n) is 6.40. The first kappa shape index (κ1) is 19.0. The lowest BCUT2D eigenvalue weighted by atomic mass is 10.2. The standard InChI is InChI=1S/C19H19N4O3S2/c20-28(25,23-7-9-26-10-8-23)16-4-1-14(2-5-16)12-21-19(24)15-3-6-17-18(11-15)27-13-22-17/h1-6,11,13H,7-10,12H2,(H,21,24)/q-1. The molecule has 0 saturated carbocycles. The Hall–Kier alpha value is -2.33. The first-order valence-electron chi connectivity index (χ1n) is 8.84. The fourth-order valence-corrected chi connectivity index (χ4v) is 5.16. The van der Waals surface area contributed by atoms with Gasteiger partial charge in [-0.05, 0) is 45.8 Å². The fraction of sp³-hybridized carbons (Fsp3) is 0.263. The predicted molar refractivity (Wildman–Crippen MR) is 109 cm³/mol. The number of fused-ring (bicyclic) bond motifs is 1. The lowest BCUT2D eigenvalue weighted by molar-refractivity contribution is 0.0748. The van der Waals surface area contributed by atoms with Crippen LogP contribution in [-0.4, -0.2) is 45.7 Å². The van der Waals surface area contributed by atoms with E-state index in [1.165, 1.54) is 11.3 Å². The Bertz CT molecular complexity index is 1090. The average Bonchev–Trinajstić information content (AvgIpc) is 3.21. The van der Waals surface area contributed by atoms with Gasteiger partial charge in [-0.25, -0.2) is 9.29 Å². The number of aromatic nitrogens is 1. The third kappa shape index (κ3) is 3.93. The zero-order chi connectivity index (χ0) is 19.6. The third-order valence-corrected chi connectivity index (χ3v) is 7.34. The van der Waals surface area contributed by atoms with Gasteiger partial charge in [0.1, 0.15) is 0 Å². The van der Waals surface area contributed by atoms with Crippen LogP contribution < -0.4 is 5.32 Å². The van der Waals surface area contributed by atoms with Gasteiger partial charge in [0.05, 0.1) is 28.9 Å². The zero-order valence-electron chi connectivity index (χ0n) is 15.0. The Kier molecular flexibility index (Phi) is 5.40. The molecule has 28 heavy (non-hydrogen) atoms. The highest BCUT2D eigenvalue weighted by molar-refractivity contribution is 7.92. The largest absolute Gasteiger partial charge is 0.734 e. The maximum absolute atomic E-state index is 12.7. The highest BCUT2D eigenvalue weighted by Gasteiger charge is 2.17. The van der Waals surface area contributed by atoms with Gasteiger partial charge in [0.15, 0.2) is 0 Å². The number of carbonyl (C=O) groups is 1. The molecule has 1 fully saturated rings. The summed E-state index contributed by atoms with van der Waals surface area (Å²) in [5, 5.41) is 2.88. The van der Waals surface area contributed by atoms with Crippen molar-refractivity contribution in [3.8, 4) is 0 Å². The second kappa shape index (κ2) is 7.96. The number of hydrogen-bond acceptors (Lipinski definition) is 5. The summed E-state index contributed by atoms with van der Waals surface area (Å²) in [5.74, 6) is -0.168. The van der Waals surface area contributed by atoms with Crippen LogP contribution in [0, 0.1) is 0 Å². The molecule has 1 atom stereocenters. The van der Waals surface area contributed by atoms with Crippen LogP contribution in [0.25, 0.3) is 15.0 Å². The topological polar surface area (TPSA) is 93.8 Å². The summed E-state index contributed by atoms with van der Waals surface area (Å²) >= 11 is 1.50. The van der Waals surface area contributed by atoms with Crippen LogP contribution in [0.3, 0.4) is 0 Å². The van der Waals surface area contributed by atoms with E-state index in [2.05, 4.69) is 10.3 Å². The van der Waals surface area contributed by atoms with E-state index in [4.69, 9.17) is 4.74 Å². The van der Waals surface area contributed by atoms with Crippen molar-refractivity contribution < 1.29 is 13.7 Å². The predicted octanol–water partition coefficient (Wildman–Crippen LogP) is 2.87. The van der Waals surface area contributed by atoms with Crippen molar-refractivity contribution in [2.75, 3.05) is 26.3 Å². The Morgan fingerprint density at radius 1 is 1.21 bits per heavy atom. The molecule has 0 spiro atoms. The average molecular weight is 416 g/mol. The van der Waals surface area contributed by atoms with E-state index >= 15 is 0 Å². The molecule has 0 radical (unpaired) electrons. The van der Waals surface area contributed by atoms with Crippen LogP contribution in [0.2, 0.25) is 0 Å². The van der Waals surface area contributed by atoms with Crippen molar-refractivity contribution >= 4 is 37.4 Å². The minimum Gasteiger partial charge on any atom is -0.734 e. The van der Waals surface area contributed by atoms with E-state index in [1.54, 1.807) is 40.1 Å². The number of ether oxygens (including phenoxy) is 1. The first-order chi connectivity index (χ1) is 13.5. The summed E-state index contributed by atoms with van der Waals surface area (Å²) < 4.78 is 31.0. The quantitative estimate of drug-likeness (QED) is 0.693. The zero-order valence-corrected chi connectivity index (χ0v) is 16.7. The van der Waals surface area contributed by atoms with Gasteiger partial charge in [0, 0.05) is 30.1 Å². The molecule has 1 N–H and O–H groups in total.